The molecule has 0 aliphatic carbocycles. The number of nitrogens with zero attached hydrogens (tertiary/aromatic N) is 2. The lowest BCUT2D eigenvalue weighted by Crippen LogP contribution is -2.40. The maximum absolute atomic E-state index is 12.4. The zero-order valence-electron chi connectivity index (χ0n) is 12.3. The Labute approximate surface area is 128 Å². The second-order valence-corrected chi connectivity index (χ2v) is 6.70. The molecule has 0 radical (unpaired) electrons. The monoisotopic (exact) mass is 311 g/mol. The molecule has 0 aromatic carbocycles. The molecule has 6 nitrogen and oxygen atoms in total. The van der Waals surface area contributed by atoms with Gasteiger partial charge in [-0.1, -0.05) is 13.8 Å². The van der Waals surface area contributed by atoms with E-state index in [1.165, 1.54) is 11.3 Å². The summed E-state index contributed by atoms with van der Waals surface area (Å²) in [6.07, 6.45) is 1.15. The molecule has 0 spiro atoms. The van der Waals surface area contributed by atoms with Crippen LogP contribution in [0.25, 0.3) is 0 Å². The van der Waals surface area contributed by atoms with Gasteiger partial charge in [-0.15, -0.1) is 11.3 Å². The first-order chi connectivity index (χ1) is 9.90. The van der Waals surface area contributed by atoms with Crippen LogP contribution in [0.2, 0.25) is 0 Å². The quantitative estimate of drug-likeness (QED) is 0.852. The van der Waals surface area contributed by atoms with Gasteiger partial charge in [0.15, 0.2) is 0 Å². The van der Waals surface area contributed by atoms with Crippen molar-refractivity contribution in [1.82, 2.24) is 9.88 Å². The van der Waals surface area contributed by atoms with Crippen LogP contribution in [-0.2, 0) is 11.2 Å². The molecule has 2 rings (SSSR count). The number of carboxylic acid groups (broad SMARTS) is 1. The summed E-state index contributed by atoms with van der Waals surface area (Å²) >= 11 is 1.42. The van der Waals surface area contributed by atoms with E-state index in [4.69, 9.17) is 5.73 Å². The van der Waals surface area contributed by atoms with Crippen LogP contribution in [0.1, 0.15) is 35.8 Å². The minimum Gasteiger partial charge on any atom is -0.481 e. The normalized spacial score (nSPS) is 22.0. The molecule has 116 valence electrons. The number of aromatic nitrogens is 1. The Balaban J connectivity index is 2.12. The van der Waals surface area contributed by atoms with Crippen molar-refractivity contribution in [3.8, 4) is 0 Å². The molecular formula is C14H21N3O3S. The zero-order chi connectivity index (χ0) is 15.6. The standard InChI is InChI=1S/C14H21N3O3S/c1-9(2)14(13(19)20)4-6-17(8-14)12(18)10-7-21-11(16-10)3-5-15/h7,9H,3-6,8,15H2,1-2H3,(H,19,20). The highest BCUT2D eigenvalue weighted by atomic mass is 32.1. The molecule has 1 aromatic rings. The third-order valence-corrected chi connectivity index (χ3v) is 5.16. The van der Waals surface area contributed by atoms with Crippen LogP contribution in [-0.4, -0.2) is 46.5 Å². The summed E-state index contributed by atoms with van der Waals surface area (Å²) in [6.45, 7) is 5.00. The first kappa shape index (κ1) is 15.9. The van der Waals surface area contributed by atoms with E-state index >= 15 is 0 Å². The Bertz CT molecular complexity index is 543. The molecule has 3 N–H and O–H groups in total. The molecule has 0 bridgehead atoms. The molecule has 1 atom stereocenters. The van der Waals surface area contributed by atoms with Crippen LogP contribution >= 0.6 is 11.3 Å². The van der Waals surface area contributed by atoms with Crippen LogP contribution in [0.5, 0.6) is 0 Å². The van der Waals surface area contributed by atoms with Crippen molar-refractivity contribution in [2.75, 3.05) is 19.6 Å². The number of carbonyl (C=O) groups is 2. The van der Waals surface area contributed by atoms with E-state index in [1.807, 2.05) is 13.8 Å². The summed E-state index contributed by atoms with van der Waals surface area (Å²) in [5.74, 6) is -1.02. The van der Waals surface area contributed by atoms with Gasteiger partial charge in [0.25, 0.3) is 5.91 Å². The first-order valence-corrected chi connectivity index (χ1v) is 7.96. The van der Waals surface area contributed by atoms with Crippen molar-refractivity contribution in [2.45, 2.75) is 26.7 Å². The zero-order valence-corrected chi connectivity index (χ0v) is 13.2. The number of carboxylic acids is 1. The summed E-state index contributed by atoms with van der Waals surface area (Å²) in [7, 11) is 0. The minimum absolute atomic E-state index is 0.0176. The highest BCUT2D eigenvalue weighted by Gasteiger charge is 2.48. The second kappa shape index (κ2) is 6.11. The smallest absolute Gasteiger partial charge is 0.311 e. The number of hydrogen-bond acceptors (Lipinski definition) is 5. The van der Waals surface area contributed by atoms with E-state index in [0.29, 0.717) is 31.6 Å². The summed E-state index contributed by atoms with van der Waals surface area (Å²) in [6, 6.07) is 0. The average molecular weight is 311 g/mol. The van der Waals surface area contributed by atoms with Gasteiger partial charge >= 0.3 is 5.97 Å². The number of amides is 1. The van der Waals surface area contributed by atoms with Crippen molar-refractivity contribution in [3.05, 3.63) is 16.1 Å². The van der Waals surface area contributed by atoms with Gasteiger partial charge in [0.2, 0.25) is 0 Å². The highest BCUT2D eigenvalue weighted by molar-refractivity contribution is 7.09. The Kier molecular flexibility index (Phi) is 4.63. The minimum atomic E-state index is -0.841. The van der Waals surface area contributed by atoms with Gasteiger partial charge in [0, 0.05) is 24.9 Å². The van der Waals surface area contributed by atoms with E-state index < -0.39 is 11.4 Å². The molecular weight excluding hydrogens is 290 g/mol. The van der Waals surface area contributed by atoms with Gasteiger partial charge in [-0.05, 0) is 18.9 Å². The van der Waals surface area contributed by atoms with Gasteiger partial charge in [-0.25, -0.2) is 4.98 Å². The Morgan fingerprint density at radius 2 is 2.29 bits per heavy atom. The van der Waals surface area contributed by atoms with E-state index in [1.54, 1.807) is 10.3 Å². The lowest BCUT2D eigenvalue weighted by molar-refractivity contribution is -0.150. The van der Waals surface area contributed by atoms with Crippen molar-refractivity contribution >= 4 is 23.2 Å². The van der Waals surface area contributed by atoms with Gasteiger partial charge in [-0.2, -0.15) is 0 Å². The van der Waals surface area contributed by atoms with Crippen LogP contribution < -0.4 is 5.73 Å². The molecule has 1 saturated heterocycles. The highest BCUT2D eigenvalue weighted by Crippen LogP contribution is 2.38. The summed E-state index contributed by atoms with van der Waals surface area (Å²) in [5, 5.41) is 12.1. The fraction of sp³-hybridized carbons (Fsp3) is 0.643. The Morgan fingerprint density at radius 3 is 2.81 bits per heavy atom. The average Bonchev–Trinajstić information content (AvgIpc) is 3.05. The molecule has 7 heteroatoms. The van der Waals surface area contributed by atoms with Gasteiger partial charge in [-0.3, -0.25) is 9.59 Å². The molecule has 1 aliphatic rings. The fourth-order valence-electron chi connectivity index (χ4n) is 2.71. The Hall–Kier alpha value is -1.47. The van der Waals surface area contributed by atoms with Gasteiger partial charge in [0.05, 0.1) is 10.4 Å². The molecule has 1 aromatic heterocycles. The molecule has 21 heavy (non-hydrogen) atoms. The number of thiazole rings is 1. The van der Waals surface area contributed by atoms with Crippen LogP contribution in [0.3, 0.4) is 0 Å². The third kappa shape index (κ3) is 2.94. The number of rotatable bonds is 5. The topological polar surface area (TPSA) is 96.5 Å². The van der Waals surface area contributed by atoms with Crippen molar-refractivity contribution in [1.29, 1.82) is 0 Å². The lowest BCUT2D eigenvalue weighted by Gasteiger charge is -2.28. The van der Waals surface area contributed by atoms with Crippen LogP contribution in [0.4, 0.5) is 0 Å². The van der Waals surface area contributed by atoms with E-state index in [-0.39, 0.29) is 18.4 Å². The molecule has 1 unspecified atom stereocenters. The molecule has 2 heterocycles. The first-order valence-electron chi connectivity index (χ1n) is 7.08. The van der Waals surface area contributed by atoms with Crippen molar-refractivity contribution < 1.29 is 14.7 Å². The number of nitrogens with two attached hydrogens (primary N) is 1. The number of carbonyl (C=O) groups excluding carboxylic acids is 1. The lowest BCUT2D eigenvalue weighted by atomic mass is 9.76. The predicted octanol–water partition coefficient (Wildman–Crippen LogP) is 1.22. The summed E-state index contributed by atoms with van der Waals surface area (Å²) in [5.41, 5.74) is 5.03. The largest absolute Gasteiger partial charge is 0.481 e. The van der Waals surface area contributed by atoms with Crippen LogP contribution in [0.15, 0.2) is 5.38 Å². The maximum Gasteiger partial charge on any atom is 0.311 e. The van der Waals surface area contributed by atoms with Crippen molar-refractivity contribution in [2.24, 2.45) is 17.1 Å². The van der Waals surface area contributed by atoms with Gasteiger partial charge < -0.3 is 15.7 Å². The number of hydrogen-bond donors (Lipinski definition) is 2. The molecule has 1 fully saturated rings. The Morgan fingerprint density at radius 1 is 1.57 bits per heavy atom. The van der Waals surface area contributed by atoms with E-state index in [2.05, 4.69) is 4.98 Å². The summed E-state index contributed by atoms with van der Waals surface area (Å²) < 4.78 is 0. The summed E-state index contributed by atoms with van der Waals surface area (Å²) in [4.78, 5) is 29.9. The maximum atomic E-state index is 12.4. The van der Waals surface area contributed by atoms with E-state index in [9.17, 15) is 14.7 Å². The molecule has 0 saturated carbocycles. The predicted molar refractivity (Wildman–Crippen MR) is 80.3 cm³/mol. The van der Waals surface area contributed by atoms with Gasteiger partial charge in [0.1, 0.15) is 5.69 Å². The second-order valence-electron chi connectivity index (χ2n) is 5.76. The number of aliphatic carboxylic acids is 1. The van der Waals surface area contributed by atoms with Crippen LogP contribution in [0, 0.1) is 11.3 Å². The molecule has 1 amide bonds. The van der Waals surface area contributed by atoms with Crippen molar-refractivity contribution in [3.63, 3.8) is 0 Å². The SMILES string of the molecule is CC(C)C1(C(=O)O)CCN(C(=O)c2csc(CCN)n2)C1. The molecule has 1 aliphatic heterocycles. The fourth-order valence-corrected chi connectivity index (χ4v) is 3.50. The van der Waals surface area contributed by atoms with E-state index in [0.717, 1.165) is 5.01 Å². The third-order valence-electron chi connectivity index (χ3n) is 4.25. The number of likely N-dealkylation sites (tertiary alicyclic amines) is 1.